The molecule has 0 saturated carbocycles. The Balaban J connectivity index is 1.29. The number of likely N-dealkylation sites (tertiary alicyclic amines) is 1. The fourth-order valence-corrected chi connectivity index (χ4v) is 4.10. The van der Waals surface area contributed by atoms with E-state index in [4.69, 9.17) is 9.26 Å². The SMILES string of the molecule is Cc1cccc(-c2noc(CCC(=O)N3CCC4(CCCCO4)CC3)n2)c1. The molecule has 3 heterocycles. The number of nitrogens with zero attached hydrogens (tertiary/aromatic N) is 3. The molecule has 6 heteroatoms. The van der Waals surface area contributed by atoms with Crippen molar-refractivity contribution in [3.63, 3.8) is 0 Å². The van der Waals surface area contributed by atoms with E-state index in [0.717, 1.165) is 50.1 Å². The number of amides is 1. The van der Waals surface area contributed by atoms with Gasteiger partial charge >= 0.3 is 0 Å². The topological polar surface area (TPSA) is 68.5 Å². The van der Waals surface area contributed by atoms with E-state index in [0.29, 0.717) is 24.6 Å². The summed E-state index contributed by atoms with van der Waals surface area (Å²) < 4.78 is 11.4. The third-order valence-electron chi connectivity index (χ3n) is 5.76. The Bertz CT molecular complexity index is 785. The molecule has 2 aliphatic rings. The zero-order chi connectivity index (χ0) is 18.7. The molecule has 144 valence electrons. The number of hydrogen-bond acceptors (Lipinski definition) is 5. The Hall–Kier alpha value is -2.21. The van der Waals surface area contributed by atoms with Gasteiger partial charge in [0.25, 0.3) is 0 Å². The number of carbonyl (C=O) groups is 1. The first-order valence-electron chi connectivity index (χ1n) is 9.95. The van der Waals surface area contributed by atoms with Gasteiger partial charge in [0, 0.05) is 38.1 Å². The summed E-state index contributed by atoms with van der Waals surface area (Å²) in [6.07, 6.45) is 6.35. The summed E-state index contributed by atoms with van der Waals surface area (Å²) in [6, 6.07) is 7.99. The normalized spacial score (nSPS) is 19.4. The van der Waals surface area contributed by atoms with Gasteiger partial charge in [-0.3, -0.25) is 4.79 Å². The molecule has 4 rings (SSSR count). The molecule has 6 nitrogen and oxygen atoms in total. The van der Waals surface area contributed by atoms with Crippen molar-refractivity contribution in [2.45, 2.75) is 57.5 Å². The van der Waals surface area contributed by atoms with Crippen molar-refractivity contribution in [3.8, 4) is 11.4 Å². The molecule has 0 bridgehead atoms. The summed E-state index contributed by atoms with van der Waals surface area (Å²) in [5.41, 5.74) is 2.12. The van der Waals surface area contributed by atoms with Crippen molar-refractivity contribution in [1.82, 2.24) is 15.0 Å². The van der Waals surface area contributed by atoms with Crippen LogP contribution in [0.3, 0.4) is 0 Å². The Kier molecular flexibility index (Phi) is 5.25. The van der Waals surface area contributed by atoms with Crippen LogP contribution in [0.1, 0.15) is 50.0 Å². The van der Waals surface area contributed by atoms with Crippen molar-refractivity contribution in [3.05, 3.63) is 35.7 Å². The van der Waals surface area contributed by atoms with Gasteiger partial charge in [0.1, 0.15) is 0 Å². The third-order valence-corrected chi connectivity index (χ3v) is 5.76. The van der Waals surface area contributed by atoms with Crippen LogP contribution in [0.15, 0.2) is 28.8 Å². The van der Waals surface area contributed by atoms with Crippen LogP contribution in [0.4, 0.5) is 0 Å². The summed E-state index contributed by atoms with van der Waals surface area (Å²) >= 11 is 0. The van der Waals surface area contributed by atoms with E-state index < -0.39 is 0 Å². The highest BCUT2D eigenvalue weighted by molar-refractivity contribution is 5.76. The van der Waals surface area contributed by atoms with Gasteiger partial charge in [0.2, 0.25) is 17.6 Å². The number of hydrogen-bond donors (Lipinski definition) is 0. The highest BCUT2D eigenvalue weighted by atomic mass is 16.5. The monoisotopic (exact) mass is 369 g/mol. The van der Waals surface area contributed by atoms with E-state index in [1.807, 2.05) is 36.1 Å². The molecule has 0 atom stereocenters. The van der Waals surface area contributed by atoms with E-state index >= 15 is 0 Å². The van der Waals surface area contributed by atoms with Gasteiger partial charge in [0.05, 0.1) is 5.60 Å². The number of rotatable bonds is 4. The molecule has 1 aromatic heterocycles. The maximum atomic E-state index is 12.6. The molecule has 2 aromatic rings. The second-order valence-electron chi connectivity index (χ2n) is 7.75. The van der Waals surface area contributed by atoms with Gasteiger partial charge in [-0.1, -0.05) is 28.9 Å². The lowest BCUT2D eigenvalue weighted by molar-refractivity contribution is -0.142. The standard InChI is InChI=1S/C21H27N3O3/c1-16-5-4-6-17(15-16)20-22-18(27-23-20)7-8-19(25)24-12-10-21(11-13-24)9-2-3-14-26-21/h4-6,15H,2-3,7-14H2,1H3. The summed E-state index contributed by atoms with van der Waals surface area (Å²) in [5, 5.41) is 4.05. The molecule has 1 aromatic carbocycles. The number of ether oxygens (including phenoxy) is 1. The van der Waals surface area contributed by atoms with Gasteiger partial charge in [0.15, 0.2) is 0 Å². The minimum Gasteiger partial charge on any atom is -0.375 e. The largest absolute Gasteiger partial charge is 0.375 e. The van der Waals surface area contributed by atoms with Crippen molar-refractivity contribution in [1.29, 1.82) is 0 Å². The zero-order valence-corrected chi connectivity index (χ0v) is 15.9. The van der Waals surface area contributed by atoms with Gasteiger partial charge in [-0.15, -0.1) is 0 Å². The van der Waals surface area contributed by atoms with E-state index in [1.165, 1.54) is 12.8 Å². The molecule has 0 radical (unpaired) electrons. The smallest absolute Gasteiger partial charge is 0.227 e. The first-order chi connectivity index (χ1) is 13.1. The average Bonchev–Trinajstić information content (AvgIpc) is 3.16. The van der Waals surface area contributed by atoms with Gasteiger partial charge in [-0.05, 0) is 45.1 Å². The molecule has 1 amide bonds. The van der Waals surface area contributed by atoms with Crippen molar-refractivity contribution in [2.24, 2.45) is 0 Å². The van der Waals surface area contributed by atoms with Gasteiger partial charge in [-0.2, -0.15) is 4.98 Å². The quantitative estimate of drug-likeness (QED) is 0.824. The Morgan fingerprint density at radius 3 is 2.81 bits per heavy atom. The van der Waals surface area contributed by atoms with Crippen LogP contribution in [-0.2, 0) is 16.0 Å². The molecule has 1 spiro atoms. The molecule has 0 aliphatic carbocycles. The van der Waals surface area contributed by atoms with Crippen LogP contribution in [0.25, 0.3) is 11.4 Å². The molecule has 2 fully saturated rings. The fourth-order valence-electron chi connectivity index (χ4n) is 4.10. The van der Waals surface area contributed by atoms with E-state index in [9.17, 15) is 4.79 Å². The number of aryl methyl sites for hydroxylation is 2. The molecular formula is C21H27N3O3. The average molecular weight is 369 g/mol. The Morgan fingerprint density at radius 1 is 1.22 bits per heavy atom. The van der Waals surface area contributed by atoms with Crippen LogP contribution < -0.4 is 0 Å². The third kappa shape index (κ3) is 4.21. The number of piperidine rings is 1. The second kappa shape index (κ2) is 7.80. The highest BCUT2D eigenvalue weighted by Gasteiger charge is 2.37. The molecule has 27 heavy (non-hydrogen) atoms. The summed E-state index contributed by atoms with van der Waals surface area (Å²) in [6.45, 7) is 4.48. The number of benzene rings is 1. The number of carbonyl (C=O) groups excluding carboxylic acids is 1. The molecule has 0 N–H and O–H groups in total. The molecular weight excluding hydrogens is 342 g/mol. The van der Waals surface area contributed by atoms with Crippen molar-refractivity contribution in [2.75, 3.05) is 19.7 Å². The van der Waals surface area contributed by atoms with E-state index in [-0.39, 0.29) is 11.5 Å². The van der Waals surface area contributed by atoms with Crippen LogP contribution in [0.2, 0.25) is 0 Å². The first-order valence-corrected chi connectivity index (χ1v) is 9.95. The molecule has 2 saturated heterocycles. The predicted molar refractivity (Wildman–Crippen MR) is 101 cm³/mol. The van der Waals surface area contributed by atoms with E-state index in [1.54, 1.807) is 0 Å². The lowest BCUT2D eigenvalue weighted by Gasteiger charge is -2.44. The molecule has 0 unspecified atom stereocenters. The minimum atomic E-state index is 0.0320. The second-order valence-corrected chi connectivity index (χ2v) is 7.75. The highest BCUT2D eigenvalue weighted by Crippen LogP contribution is 2.34. The Labute approximate surface area is 159 Å². The fraction of sp³-hybridized carbons (Fsp3) is 0.571. The maximum absolute atomic E-state index is 12.6. The van der Waals surface area contributed by atoms with Crippen molar-refractivity contribution >= 4 is 5.91 Å². The predicted octanol–water partition coefficient (Wildman–Crippen LogP) is 3.54. The minimum absolute atomic E-state index is 0.0320. The van der Waals surface area contributed by atoms with Crippen molar-refractivity contribution < 1.29 is 14.1 Å². The maximum Gasteiger partial charge on any atom is 0.227 e. The summed E-state index contributed by atoms with van der Waals surface area (Å²) in [7, 11) is 0. The summed E-state index contributed by atoms with van der Waals surface area (Å²) in [5.74, 6) is 1.26. The zero-order valence-electron chi connectivity index (χ0n) is 15.9. The number of aromatic nitrogens is 2. The first kappa shape index (κ1) is 18.2. The van der Waals surface area contributed by atoms with Crippen LogP contribution >= 0.6 is 0 Å². The lowest BCUT2D eigenvalue weighted by atomic mass is 9.84. The van der Waals surface area contributed by atoms with Gasteiger partial charge < -0.3 is 14.2 Å². The summed E-state index contributed by atoms with van der Waals surface area (Å²) in [4.78, 5) is 19.0. The van der Waals surface area contributed by atoms with Crippen LogP contribution in [0.5, 0.6) is 0 Å². The van der Waals surface area contributed by atoms with Gasteiger partial charge in [-0.25, -0.2) is 0 Å². The Morgan fingerprint density at radius 2 is 2.07 bits per heavy atom. The van der Waals surface area contributed by atoms with Crippen LogP contribution in [0, 0.1) is 6.92 Å². The van der Waals surface area contributed by atoms with Crippen LogP contribution in [-0.4, -0.2) is 46.2 Å². The molecule has 2 aliphatic heterocycles. The van der Waals surface area contributed by atoms with E-state index in [2.05, 4.69) is 10.1 Å². The lowest BCUT2D eigenvalue weighted by Crippen LogP contribution is -2.49.